The van der Waals surface area contributed by atoms with Crippen LogP contribution in [-0.4, -0.2) is 15.0 Å². The molecular weight excluding hydrogens is 337 g/mol. The summed E-state index contributed by atoms with van der Waals surface area (Å²) in [5.74, 6) is 0. The lowest BCUT2D eigenvalue weighted by molar-refractivity contribution is 0.636. The molecule has 0 amide bonds. The van der Waals surface area contributed by atoms with Crippen LogP contribution in [0.4, 0.5) is 0 Å². The Morgan fingerprint density at radius 3 is 2.67 bits per heavy atom. The Morgan fingerprint density at radius 1 is 1.11 bits per heavy atom. The van der Waals surface area contributed by atoms with Gasteiger partial charge in [-0.3, -0.25) is 0 Å². The number of allylic oxidation sites excluding steroid dienone is 4. The van der Waals surface area contributed by atoms with Crippen LogP contribution in [0.15, 0.2) is 48.6 Å². The van der Waals surface area contributed by atoms with Crippen LogP contribution < -0.4 is 0 Å². The maximum Gasteiger partial charge on any atom is 0.127 e. The second kappa shape index (κ2) is 5.06. The van der Waals surface area contributed by atoms with E-state index in [0.717, 1.165) is 21.5 Å². The normalized spacial score (nSPS) is 13.9. The van der Waals surface area contributed by atoms with E-state index in [2.05, 4.69) is 57.5 Å². The lowest BCUT2D eigenvalue weighted by atomic mass is 10.2. The molecule has 1 radical (unpaired) electrons. The number of aromatic nitrogens is 3. The first-order chi connectivity index (χ1) is 8.84. The quantitative estimate of drug-likeness (QED) is 0.799. The Balaban J connectivity index is 1.86. The molecule has 3 rings (SSSR count). The van der Waals surface area contributed by atoms with Crippen LogP contribution in [-0.2, 0) is 6.54 Å². The fraction of sp³-hybridized carbons (Fsp3) is 0.0714. The van der Waals surface area contributed by atoms with Gasteiger partial charge in [0.25, 0.3) is 0 Å². The minimum absolute atomic E-state index is 0.757. The molecule has 3 nitrogen and oxygen atoms in total. The summed E-state index contributed by atoms with van der Waals surface area (Å²) in [6.45, 7) is 0.757. The number of nitrogens with zero attached hydrogens (tertiary/aromatic N) is 3. The molecule has 1 aliphatic carbocycles. The molecule has 0 N–H and O–H groups in total. The fourth-order valence-electron chi connectivity index (χ4n) is 1.87. The highest BCUT2D eigenvalue weighted by Crippen LogP contribution is 2.24. The van der Waals surface area contributed by atoms with Crippen LogP contribution in [0.1, 0.15) is 11.3 Å². The summed E-state index contributed by atoms with van der Waals surface area (Å²) >= 11 is 2.30. The largest absolute Gasteiger partial charge is 0.234 e. The summed E-state index contributed by atoms with van der Waals surface area (Å²) in [6.07, 6.45) is 8.14. The Kier molecular flexibility index (Phi) is 3.27. The molecule has 1 aromatic carbocycles. The van der Waals surface area contributed by atoms with Gasteiger partial charge in [-0.15, -0.1) is 5.10 Å². The van der Waals surface area contributed by atoms with Crippen molar-refractivity contribution in [1.82, 2.24) is 15.0 Å². The van der Waals surface area contributed by atoms with E-state index in [1.807, 2.05) is 35.0 Å². The van der Waals surface area contributed by atoms with Gasteiger partial charge >= 0.3 is 0 Å². The summed E-state index contributed by atoms with van der Waals surface area (Å²) in [4.78, 5) is 0. The second-order valence-corrected chi connectivity index (χ2v) is 5.07. The number of halogens is 1. The average Bonchev–Trinajstić information content (AvgIpc) is 3.02. The molecule has 2 aromatic rings. The van der Waals surface area contributed by atoms with Gasteiger partial charge in [-0.25, -0.2) is 4.68 Å². The van der Waals surface area contributed by atoms with Crippen molar-refractivity contribution < 1.29 is 0 Å². The third kappa shape index (κ3) is 2.25. The summed E-state index contributed by atoms with van der Waals surface area (Å²) in [6, 6.07) is 10.3. The van der Waals surface area contributed by atoms with Gasteiger partial charge in [-0.2, -0.15) is 0 Å². The first-order valence-electron chi connectivity index (χ1n) is 5.69. The van der Waals surface area contributed by atoms with Gasteiger partial charge in [0.2, 0.25) is 0 Å². The topological polar surface area (TPSA) is 30.7 Å². The molecule has 0 unspecified atom stereocenters. The van der Waals surface area contributed by atoms with E-state index in [-0.39, 0.29) is 0 Å². The van der Waals surface area contributed by atoms with Crippen molar-refractivity contribution in [2.75, 3.05) is 0 Å². The molecule has 89 valence electrons. The summed E-state index contributed by atoms with van der Waals surface area (Å²) in [7, 11) is 0. The minimum Gasteiger partial charge on any atom is -0.234 e. The molecule has 0 saturated heterocycles. The van der Waals surface area contributed by atoms with Gasteiger partial charge in [-0.05, 0) is 33.7 Å². The van der Waals surface area contributed by atoms with Crippen LogP contribution >= 0.6 is 22.6 Å². The van der Waals surface area contributed by atoms with Crippen molar-refractivity contribution in [1.29, 1.82) is 0 Å². The predicted octanol–water partition coefficient (Wildman–Crippen LogP) is 3.09. The molecule has 0 bridgehead atoms. The van der Waals surface area contributed by atoms with E-state index in [4.69, 9.17) is 0 Å². The van der Waals surface area contributed by atoms with Crippen molar-refractivity contribution >= 4 is 28.2 Å². The molecule has 0 saturated carbocycles. The molecule has 0 fully saturated rings. The molecule has 0 aliphatic heterocycles. The van der Waals surface area contributed by atoms with Crippen molar-refractivity contribution in [3.8, 4) is 0 Å². The molecule has 1 heterocycles. The van der Waals surface area contributed by atoms with Gasteiger partial charge in [0.15, 0.2) is 0 Å². The highest BCUT2D eigenvalue weighted by atomic mass is 127. The smallest absolute Gasteiger partial charge is 0.127 e. The Morgan fingerprint density at radius 2 is 1.94 bits per heavy atom. The molecular formula is C14H11IN3. The lowest BCUT2D eigenvalue weighted by Crippen LogP contribution is -2.04. The van der Waals surface area contributed by atoms with E-state index >= 15 is 0 Å². The van der Waals surface area contributed by atoms with Gasteiger partial charge in [0, 0.05) is 6.42 Å². The van der Waals surface area contributed by atoms with Gasteiger partial charge in [-0.1, -0.05) is 53.8 Å². The molecule has 0 spiro atoms. The molecule has 1 aliphatic rings. The maximum absolute atomic E-state index is 4.26. The maximum atomic E-state index is 4.26. The number of benzene rings is 1. The number of rotatable bonds is 3. The van der Waals surface area contributed by atoms with E-state index in [1.165, 1.54) is 5.56 Å². The minimum atomic E-state index is 0.757. The molecule has 4 heteroatoms. The lowest BCUT2D eigenvalue weighted by Gasteiger charge is -2.03. The summed E-state index contributed by atoms with van der Waals surface area (Å²) in [5, 5.41) is 8.49. The van der Waals surface area contributed by atoms with Gasteiger partial charge in [0.05, 0.1) is 6.54 Å². The van der Waals surface area contributed by atoms with Crippen LogP contribution in [0.2, 0.25) is 0 Å². The zero-order chi connectivity index (χ0) is 12.4. The standard InChI is InChI=1S/C14H11IN3/c15-14-13(12-8-4-5-9-12)16-17-18(14)10-11-6-2-1-3-7-11/h1-9H,10H2. The second-order valence-electron chi connectivity index (χ2n) is 4.05. The van der Waals surface area contributed by atoms with Crippen LogP contribution in [0.25, 0.3) is 5.57 Å². The predicted molar refractivity (Wildman–Crippen MR) is 79.7 cm³/mol. The summed E-state index contributed by atoms with van der Waals surface area (Å²) < 4.78 is 3.00. The van der Waals surface area contributed by atoms with Gasteiger partial charge in [0.1, 0.15) is 9.39 Å². The molecule has 18 heavy (non-hydrogen) atoms. The monoisotopic (exact) mass is 348 g/mol. The Hall–Kier alpha value is -1.43. The van der Waals surface area contributed by atoms with E-state index < -0.39 is 0 Å². The number of hydrogen-bond acceptors (Lipinski definition) is 2. The Bertz CT molecular complexity index is 611. The third-order valence-corrected chi connectivity index (χ3v) is 3.85. The van der Waals surface area contributed by atoms with E-state index in [0.29, 0.717) is 0 Å². The van der Waals surface area contributed by atoms with Crippen molar-refractivity contribution in [2.45, 2.75) is 6.54 Å². The summed E-state index contributed by atoms with van der Waals surface area (Å²) in [5.41, 5.74) is 3.31. The highest BCUT2D eigenvalue weighted by molar-refractivity contribution is 14.1. The first-order valence-corrected chi connectivity index (χ1v) is 6.77. The first kappa shape index (κ1) is 11.6. The van der Waals surface area contributed by atoms with Crippen molar-refractivity contribution in [3.63, 3.8) is 0 Å². The van der Waals surface area contributed by atoms with Crippen molar-refractivity contribution in [2.24, 2.45) is 0 Å². The fourth-order valence-corrected chi connectivity index (χ4v) is 2.55. The zero-order valence-corrected chi connectivity index (χ0v) is 11.8. The van der Waals surface area contributed by atoms with Crippen LogP contribution in [0.3, 0.4) is 0 Å². The number of hydrogen-bond donors (Lipinski definition) is 0. The third-order valence-electron chi connectivity index (χ3n) is 2.79. The van der Waals surface area contributed by atoms with Crippen LogP contribution in [0.5, 0.6) is 0 Å². The molecule has 1 aromatic heterocycles. The van der Waals surface area contributed by atoms with Crippen molar-refractivity contribution in [3.05, 3.63) is 69.9 Å². The van der Waals surface area contributed by atoms with Crippen LogP contribution in [0, 0.1) is 10.1 Å². The zero-order valence-electron chi connectivity index (χ0n) is 9.62. The highest BCUT2D eigenvalue weighted by Gasteiger charge is 2.15. The SMILES string of the molecule is Ic1c(C2=CC=C[CH]2)nnn1Cc1ccccc1. The Labute approximate surface area is 119 Å². The van der Waals surface area contributed by atoms with E-state index in [1.54, 1.807) is 0 Å². The van der Waals surface area contributed by atoms with E-state index in [9.17, 15) is 0 Å². The average molecular weight is 348 g/mol. The van der Waals surface area contributed by atoms with Gasteiger partial charge < -0.3 is 0 Å². The molecule has 0 atom stereocenters.